The number of hydrogen-bond donors (Lipinski definition) is 0. The van der Waals surface area contributed by atoms with Gasteiger partial charge < -0.3 is 4.42 Å². The van der Waals surface area contributed by atoms with Gasteiger partial charge in [0.05, 0.1) is 0 Å². The Hall–Kier alpha value is -4.36. The molecule has 29 heteroatoms. The van der Waals surface area contributed by atoms with E-state index >= 15 is 0 Å². The van der Waals surface area contributed by atoms with E-state index in [1.165, 1.54) is 0 Å². The molecule has 56 radical (unpaired) electrons. The molecule has 1 nitrogen and oxygen atoms in total. The predicted octanol–water partition coefficient (Wildman–Crippen LogP) is -20.6. The third-order valence-electron chi connectivity index (χ3n) is 14.7. The molecule has 0 aliphatic carbocycles. The van der Waals surface area contributed by atoms with Gasteiger partial charge in [0.15, 0.2) is 0 Å². The molecule has 0 amide bonds. The second-order valence-corrected chi connectivity index (χ2v) is 18.3. The predicted molar refractivity (Wildman–Crippen MR) is 351 cm³/mol. The molecule has 1 heterocycles. The normalized spacial score (nSPS) is 11.9. The molecular weight excluding hydrogens is 871 g/mol. The van der Waals surface area contributed by atoms with Crippen LogP contribution in [0.15, 0.2) is 4.42 Å². The summed E-state index contributed by atoms with van der Waals surface area (Å²) >= 11 is 0. The molecule has 0 atom stereocenters. The Morgan fingerprint density at radius 2 is 0.320 bits per heavy atom. The molecule has 10 rings (SSSR count). The van der Waals surface area contributed by atoms with Gasteiger partial charge in [-0.3, -0.25) is 0 Å². The number of furan rings is 1. The van der Waals surface area contributed by atoms with E-state index in [1.807, 2.05) is 0 Å². The zero-order chi connectivity index (χ0) is 55.3. The van der Waals surface area contributed by atoms with E-state index in [2.05, 4.69) is 0 Å². The van der Waals surface area contributed by atoms with Gasteiger partial charge in [0.25, 0.3) is 0 Å². The zero-order valence-electron chi connectivity index (χ0n) is 39.6. The molecule has 0 unspecified atom stereocenters. The third kappa shape index (κ3) is 6.85. The van der Waals surface area contributed by atoms with Crippen molar-refractivity contribution in [1.29, 1.82) is 0 Å². The van der Waals surface area contributed by atoms with Gasteiger partial charge in [-0.1, -0.05) is 98.3 Å². The van der Waals surface area contributed by atoms with E-state index in [9.17, 15) is 0 Å². The second-order valence-electron chi connectivity index (χ2n) is 18.3. The van der Waals surface area contributed by atoms with Crippen molar-refractivity contribution in [3.63, 3.8) is 0 Å². The highest BCUT2D eigenvalue weighted by Gasteiger charge is 2.32. The molecule has 10 aromatic rings. The standard InChI is InChI=1S/C46B28O/c47-17-4-1(8-11-16-32(62)40(70)42(72)44(74)46(16)75-45(11)43(73)41(71)21(8)51)5-7(20(50)37(67)35(65)18(5)48)2(6(4)19(49)36(66)34(17)64)12-24(54)27(57)14(28(58)25(12)55)9-3-10-15(31(61)39(69)38(68)23(10)53)29(59)26(56)13(3)30(60)33(63)22(9)52. The van der Waals surface area contributed by atoms with Crippen LogP contribution < -0.4 is 153 Å². The molecule has 0 aliphatic heterocycles. The SMILES string of the molecule is [B]c1c([B])c(-c2c([B])c([B])c([B])c3c([B])c([B])c4c([B])c([B])c([B])c([B])c4c23)c([B])c([B])c1-c1c2c([B])c([B])c([B])c([B])c2c(-c2c([B])c([B])c([B])c3oc4c([B])c([B])c([B])c([B])c4c23)c2c([B])c([B])c([B])c([B])c12. The monoisotopic (exact) mass is 876 g/mol. The van der Waals surface area contributed by atoms with Gasteiger partial charge in [-0.2, -0.15) is 0 Å². The van der Waals surface area contributed by atoms with Gasteiger partial charge in [0, 0.05) is 10.8 Å². The second kappa shape index (κ2) is 18.1. The molecule has 274 valence electrons. The first-order valence-electron chi connectivity index (χ1n) is 22.0. The minimum Gasteiger partial charge on any atom is -0.457 e. The van der Waals surface area contributed by atoms with Crippen LogP contribution in [0.1, 0.15) is 0 Å². The van der Waals surface area contributed by atoms with Crippen molar-refractivity contribution >= 4 is 438 Å². The average Bonchev–Trinajstić information content (AvgIpc) is 3.84. The number of fused-ring (bicyclic) bond motifs is 8. The zero-order valence-corrected chi connectivity index (χ0v) is 39.6. The summed E-state index contributed by atoms with van der Waals surface area (Å²) in [5.74, 6) is 0. The average molecular weight is 871 g/mol. The van der Waals surface area contributed by atoms with Crippen LogP contribution in [-0.4, -0.2) is 220 Å². The summed E-state index contributed by atoms with van der Waals surface area (Å²) in [4.78, 5) is 0. The smallest absolute Gasteiger partial charge is 0.128 e. The molecule has 0 fully saturated rings. The lowest BCUT2D eigenvalue weighted by molar-refractivity contribution is 0.675. The first kappa shape index (κ1) is 54.0. The van der Waals surface area contributed by atoms with Gasteiger partial charge in [0.1, 0.15) is 231 Å². The Bertz CT molecular complexity index is 4330. The summed E-state index contributed by atoms with van der Waals surface area (Å²) < 4.78 is 6.33. The fraction of sp³-hybridized carbons (Fsp3) is 0. The summed E-state index contributed by atoms with van der Waals surface area (Å²) in [6.07, 6.45) is 0. The van der Waals surface area contributed by atoms with E-state index in [-0.39, 0.29) is 251 Å². The van der Waals surface area contributed by atoms with Gasteiger partial charge in [-0.15, -0.1) is 54.6 Å². The van der Waals surface area contributed by atoms with Gasteiger partial charge >= 0.3 is 0 Å². The molecule has 0 bridgehead atoms. The van der Waals surface area contributed by atoms with Crippen LogP contribution in [0.5, 0.6) is 0 Å². The van der Waals surface area contributed by atoms with Crippen molar-refractivity contribution in [2.45, 2.75) is 0 Å². The molecule has 0 saturated carbocycles. The van der Waals surface area contributed by atoms with Gasteiger partial charge in [0.2, 0.25) is 0 Å². The van der Waals surface area contributed by atoms with Crippen LogP contribution in [0.25, 0.3) is 98.4 Å². The van der Waals surface area contributed by atoms with Crippen LogP contribution in [0.3, 0.4) is 0 Å². The minimum absolute atomic E-state index is 0.00543. The van der Waals surface area contributed by atoms with Crippen LogP contribution in [-0.2, 0) is 0 Å². The molecule has 0 N–H and O–H groups in total. The summed E-state index contributed by atoms with van der Waals surface area (Å²) in [7, 11) is 190. The third-order valence-corrected chi connectivity index (χ3v) is 14.7. The van der Waals surface area contributed by atoms with Crippen molar-refractivity contribution in [2.24, 2.45) is 0 Å². The first-order valence-corrected chi connectivity index (χ1v) is 22.0. The highest BCUT2D eigenvalue weighted by atomic mass is 16.3. The van der Waals surface area contributed by atoms with Gasteiger partial charge in [-0.25, -0.2) is 0 Å². The maximum absolute atomic E-state index is 7.28. The minimum atomic E-state index is -0.295. The lowest BCUT2D eigenvalue weighted by Crippen LogP contribution is -2.52. The van der Waals surface area contributed by atoms with Crippen LogP contribution >= 0.6 is 0 Å². The highest BCUT2D eigenvalue weighted by molar-refractivity contribution is 6.78. The van der Waals surface area contributed by atoms with Crippen molar-refractivity contribution in [3.05, 3.63) is 0 Å². The van der Waals surface area contributed by atoms with Crippen LogP contribution in [0, 0.1) is 0 Å². The van der Waals surface area contributed by atoms with Crippen LogP contribution in [0.2, 0.25) is 0 Å². The van der Waals surface area contributed by atoms with E-state index in [0.717, 1.165) is 0 Å². The van der Waals surface area contributed by atoms with E-state index in [4.69, 9.17) is 224 Å². The summed E-state index contributed by atoms with van der Waals surface area (Å²) in [5, 5.41) is 0.421. The summed E-state index contributed by atoms with van der Waals surface area (Å²) in [5.41, 5.74) is -5.05. The quantitative estimate of drug-likeness (QED) is 0.0979. The lowest BCUT2D eigenvalue weighted by atomic mass is 9.55. The van der Waals surface area contributed by atoms with Crippen molar-refractivity contribution < 1.29 is 4.42 Å². The summed E-state index contributed by atoms with van der Waals surface area (Å²) in [6, 6.07) is 0. The maximum atomic E-state index is 7.28. The lowest BCUT2D eigenvalue weighted by Gasteiger charge is -2.33. The molecule has 0 spiro atoms. The van der Waals surface area contributed by atoms with Crippen LogP contribution in [0.4, 0.5) is 0 Å². The van der Waals surface area contributed by atoms with Crippen molar-refractivity contribution in [1.82, 2.24) is 0 Å². The van der Waals surface area contributed by atoms with Crippen molar-refractivity contribution in [2.75, 3.05) is 0 Å². The Kier molecular flexibility index (Phi) is 13.0. The highest BCUT2D eigenvalue weighted by Crippen LogP contribution is 2.43. The molecule has 1 aromatic heterocycles. The number of rotatable bonds is 3. The maximum Gasteiger partial charge on any atom is 0.128 e. The van der Waals surface area contributed by atoms with E-state index < -0.39 is 0 Å². The Labute approximate surface area is 472 Å². The number of benzene rings is 9. The number of hydrogen-bond acceptors (Lipinski definition) is 1. The molecule has 9 aromatic carbocycles. The molecular formula is C46B28O. The fourth-order valence-electron chi connectivity index (χ4n) is 10.7. The summed E-state index contributed by atoms with van der Waals surface area (Å²) in [6.45, 7) is 0. The van der Waals surface area contributed by atoms with E-state index in [0.29, 0.717) is 0 Å². The topological polar surface area (TPSA) is 13.1 Å². The first-order chi connectivity index (χ1) is 35.0. The Balaban J connectivity index is 1.49. The largest absolute Gasteiger partial charge is 0.457 e. The Morgan fingerprint density at radius 1 is 0.120 bits per heavy atom. The fourth-order valence-corrected chi connectivity index (χ4v) is 10.7. The molecule has 0 saturated heterocycles. The molecule has 75 heavy (non-hydrogen) atoms. The van der Waals surface area contributed by atoms with Gasteiger partial charge in [-0.05, 0) is 76.5 Å². The van der Waals surface area contributed by atoms with E-state index in [1.54, 1.807) is 0 Å². The molecule has 0 aliphatic rings. The van der Waals surface area contributed by atoms with Crippen molar-refractivity contribution in [3.8, 4) is 33.4 Å². The Morgan fingerprint density at radius 3 is 0.693 bits per heavy atom.